The molecule has 0 bridgehead atoms. The molecule has 0 aromatic heterocycles. The Labute approximate surface area is 103 Å². The van der Waals surface area contributed by atoms with Crippen LogP contribution < -0.4 is 0 Å². The average Bonchev–Trinajstić information content (AvgIpc) is 2.41. The van der Waals surface area contributed by atoms with Crippen LogP contribution in [-0.4, -0.2) is 48.2 Å². The molecule has 0 radical (unpaired) electrons. The van der Waals surface area contributed by atoms with Crippen molar-refractivity contribution in [3.63, 3.8) is 0 Å². The zero-order valence-electron chi connectivity index (χ0n) is 7.70. The second kappa shape index (κ2) is 5.74. The maximum Gasteiger partial charge on any atom is 0.269 e. The van der Waals surface area contributed by atoms with Crippen LogP contribution in [0.2, 0.25) is 0 Å². The number of carbonyl (C=O) groups excluding carboxylic acids is 2. The molecule has 15 heavy (non-hydrogen) atoms. The van der Waals surface area contributed by atoms with Crippen molar-refractivity contribution >= 4 is 43.7 Å². The Hall–Kier alpha value is -0.240. The molecule has 1 heterocycles. The van der Waals surface area contributed by atoms with Gasteiger partial charge in [-0.15, -0.1) is 0 Å². The van der Waals surface area contributed by atoms with Gasteiger partial charge in [-0.25, -0.2) is 0 Å². The van der Waals surface area contributed by atoms with Gasteiger partial charge in [-0.3, -0.25) is 14.5 Å². The van der Waals surface area contributed by atoms with Gasteiger partial charge in [-0.05, 0) is 31.9 Å². The van der Waals surface area contributed by atoms with Crippen LogP contribution in [0.5, 0.6) is 0 Å². The molecule has 0 saturated carbocycles. The van der Waals surface area contributed by atoms with Crippen molar-refractivity contribution in [1.82, 2.24) is 4.90 Å². The lowest BCUT2D eigenvalue weighted by atomic mass is 10.5. The zero-order valence-corrected chi connectivity index (χ0v) is 10.9. The Morgan fingerprint density at radius 2 is 1.67 bits per heavy atom. The molecule has 2 amide bonds. The molecule has 0 aromatic rings. The smallest absolute Gasteiger partial charge is 0.269 e. The molecule has 0 spiro atoms. The molecule has 7 heteroatoms. The first-order valence-corrected chi connectivity index (χ1v) is 5.78. The summed E-state index contributed by atoms with van der Waals surface area (Å²) in [5.74, 6) is -0.751. The topological polar surface area (TPSA) is 66.8 Å². The second-order valence-electron chi connectivity index (χ2n) is 2.73. The number of halogens is 2. The van der Waals surface area contributed by atoms with E-state index in [1.165, 1.54) is 0 Å². The first-order chi connectivity index (χ1) is 7.09. The predicted octanol–water partition coefficient (Wildman–Crippen LogP) is 0.365. The van der Waals surface area contributed by atoms with Gasteiger partial charge in [0.05, 0.1) is 26.4 Å². The van der Waals surface area contributed by atoms with E-state index in [-0.39, 0.29) is 47.1 Å². The third-order valence-electron chi connectivity index (χ3n) is 1.75. The highest BCUT2D eigenvalue weighted by Gasteiger charge is 2.35. The largest absolute Gasteiger partial charge is 0.394 e. The van der Waals surface area contributed by atoms with Crippen molar-refractivity contribution in [2.45, 2.75) is 0 Å². The fraction of sp³-hybridized carbons (Fsp3) is 0.500. The standard InChI is InChI=1S/C8H9Br2NO4/c9-5-6(10)8(14)11(7(5)13)1-3-15-4-2-12/h12H,1-4H2. The van der Waals surface area contributed by atoms with Crippen LogP contribution in [0.3, 0.4) is 0 Å². The molecular weight excluding hydrogens is 334 g/mol. The van der Waals surface area contributed by atoms with Crippen LogP contribution in [-0.2, 0) is 14.3 Å². The Balaban J connectivity index is 2.46. The van der Waals surface area contributed by atoms with E-state index in [2.05, 4.69) is 31.9 Å². The summed E-state index contributed by atoms with van der Waals surface area (Å²) in [7, 11) is 0. The number of aliphatic hydroxyl groups excluding tert-OH is 1. The van der Waals surface area contributed by atoms with Crippen molar-refractivity contribution in [1.29, 1.82) is 0 Å². The van der Waals surface area contributed by atoms with E-state index in [9.17, 15) is 9.59 Å². The molecule has 0 unspecified atom stereocenters. The summed E-state index contributed by atoms with van der Waals surface area (Å²) in [5, 5.41) is 8.45. The predicted molar refractivity (Wildman–Crippen MR) is 59.5 cm³/mol. The van der Waals surface area contributed by atoms with Crippen molar-refractivity contribution < 1.29 is 19.4 Å². The van der Waals surface area contributed by atoms with Crippen molar-refractivity contribution in [2.24, 2.45) is 0 Å². The van der Waals surface area contributed by atoms with Gasteiger partial charge in [0, 0.05) is 0 Å². The van der Waals surface area contributed by atoms with Crippen LogP contribution in [0.25, 0.3) is 0 Å². The molecule has 0 saturated heterocycles. The molecule has 0 atom stereocenters. The van der Waals surface area contributed by atoms with Crippen LogP contribution in [0, 0.1) is 0 Å². The summed E-state index contributed by atoms with van der Waals surface area (Å²) in [4.78, 5) is 24.0. The SMILES string of the molecule is O=C1C(Br)=C(Br)C(=O)N1CCOCCO. The fourth-order valence-corrected chi connectivity index (χ4v) is 1.81. The number of hydrogen-bond donors (Lipinski definition) is 1. The van der Waals surface area contributed by atoms with Gasteiger partial charge in [0.2, 0.25) is 0 Å². The summed E-state index contributed by atoms with van der Waals surface area (Å²) in [6, 6.07) is 0. The number of rotatable bonds is 5. The van der Waals surface area contributed by atoms with Crippen molar-refractivity contribution in [3.8, 4) is 0 Å². The summed E-state index contributed by atoms with van der Waals surface area (Å²) >= 11 is 6.02. The maximum atomic E-state index is 11.5. The summed E-state index contributed by atoms with van der Waals surface area (Å²) in [5.41, 5.74) is 0. The lowest BCUT2D eigenvalue weighted by Gasteiger charge is -2.13. The molecule has 1 N–H and O–H groups in total. The van der Waals surface area contributed by atoms with E-state index in [1.54, 1.807) is 0 Å². The Bertz CT molecular complexity index is 292. The number of hydrogen-bond acceptors (Lipinski definition) is 4. The highest BCUT2D eigenvalue weighted by molar-refractivity contribution is 9.14. The van der Waals surface area contributed by atoms with Gasteiger partial charge in [0.15, 0.2) is 0 Å². The maximum absolute atomic E-state index is 11.5. The lowest BCUT2D eigenvalue weighted by Crippen LogP contribution is -2.34. The van der Waals surface area contributed by atoms with Crippen LogP contribution in [0.4, 0.5) is 0 Å². The third kappa shape index (κ3) is 2.87. The number of aliphatic hydroxyl groups is 1. The quantitative estimate of drug-likeness (QED) is 0.579. The van der Waals surface area contributed by atoms with E-state index in [4.69, 9.17) is 9.84 Å². The van der Waals surface area contributed by atoms with Gasteiger partial charge < -0.3 is 9.84 Å². The minimum Gasteiger partial charge on any atom is -0.394 e. The van der Waals surface area contributed by atoms with E-state index in [0.717, 1.165) is 4.90 Å². The average molecular weight is 343 g/mol. The molecule has 1 aliphatic heterocycles. The van der Waals surface area contributed by atoms with Crippen LogP contribution >= 0.6 is 31.9 Å². The Kier molecular flexibility index (Phi) is 4.91. The number of imide groups is 1. The summed E-state index contributed by atoms with van der Waals surface area (Å²) in [6.45, 7) is 0.528. The van der Waals surface area contributed by atoms with Crippen molar-refractivity contribution in [3.05, 3.63) is 8.96 Å². The number of ether oxygens (including phenoxy) is 1. The van der Waals surface area contributed by atoms with Gasteiger partial charge in [0.25, 0.3) is 11.8 Å². The van der Waals surface area contributed by atoms with E-state index in [1.807, 2.05) is 0 Å². The molecule has 0 fully saturated rings. The number of carbonyl (C=O) groups is 2. The lowest BCUT2D eigenvalue weighted by molar-refractivity contribution is -0.137. The summed E-state index contributed by atoms with van der Waals surface area (Å²) < 4.78 is 5.43. The Morgan fingerprint density at radius 3 is 2.13 bits per heavy atom. The second-order valence-corrected chi connectivity index (χ2v) is 4.31. The first-order valence-electron chi connectivity index (χ1n) is 4.19. The van der Waals surface area contributed by atoms with Crippen LogP contribution in [0.15, 0.2) is 8.96 Å². The molecule has 84 valence electrons. The summed E-state index contributed by atoms with van der Waals surface area (Å²) in [6.07, 6.45) is 0. The van der Waals surface area contributed by atoms with Gasteiger partial charge in [0.1, 0.15) is 8.96 Å². The fourth-order valence-electron chi connectivity index (χ4n) is 1.04. The van der Waals surface area contributed by atoms with Gasteiger partial charge in [-0.2, -0.15) is 0 Å². The number of nitrogens with zero attached hydrogens (tertiary/aromatic N) is 1. The van der Waals surface area contributed by atoms with Crippen molar-refractivity contribution in [2.75, 3.05) is 26.4 Å². The van der Waals surface area contributed by atoms with Gasteiger partial charge >= 0.3 is 0 Å². The Morgan fingerprint density at radius 1 is 1.13 bits per heavy atom. The normalized spacial score (nSPS) is 16.9. The monoisotopic (exact) mass is 341 g/mol. The highest BCUT2D eigenvalue weighted by atomic mass is 79.9. The minimum atomic E-state index is -0.375. The first kappa shape index (κ1) is 12.8. The molecule has 0 aromatic carbocycles. The molecule has 0 aliphatic carbocycles. The van der Waals surface area contributed by atoms with E-state index < -0.39 is 0 Å². The van der Waals surface area contributed by atoms with E-state index >= 15 is 0 Å². The number of amides is 2. The molecule has 5 nitrogen and oxygen atoms in total. The third-order valence-corrected chi connectivity index (χ3v) is 3.76. The van der Waals surface area contributed by atoms with Gasteiger partial charge in [-0.1, -0.05) is 0 Å². The molecular formula is C8H9Br2NO4. The minimum absolute atomic E-state index is 0.0759. The van der Waals surface area contributed by atoms with Crippen LogP contribution in [0.1, 0.15) is 0 Å². The zero-order chi connectivity index (χ0) is 11.4. The molecule has 1 rings (SSSR count). The molecule has 1 aliphatic rings. The van der Waals surface area contributed by atoms with E-state index in [0.29, 0.717) is 0 Å². The highest BCUT2D eigenvalue weighted by Crippen LogP contribution is 2.28.